The summed E-state index contributed by atoms with van der Waals surface area (Å²) >= 11 is 5.97. The summed E-state index contributed by atoms with van der Waals surface area (Å²) in [6.45, 7) is 0. The van der Waals surface area contributed by atoms with Gasteiger partial charge in [-0.1, -0.05) is 43.7 Å². The van der Waals surface area contributed by atoms with Crippen molar-refractivity contribution in [3.8, 4) is 0 Å². The standard InChI is InChI=1S/C15H19ClF3N/c16-13-10-11(15(17,18)19)8-9-14(13)20-12-6-4-2-1-3-5-7-12/h8-10,12,20H,1-7H2. The lowest BCUT2D eigenvalue weighted by Crippen LogP contribution is -2.20. The highest BCUT2D eigenvalue weighted by atomic mass is 35.5. The third-order valence-electron chi connectivity index (χ3n) is 3.76. The molecule has 0 radical (unpaired) electrons. The van der Waals surface area contributed by atoms with E-state index >= 15 is 0 Å². The Kier molecular flexibility index (Phi) is 5.19. The van der Waals surface area contributed by atoms with Crippen molar-refractivity contribution in [2.24, 2.45) is 0 Å². The van der Waals surface area contributed by atoms with E-state index in [0.29, 0.717) is 11.7 Å². The Morgan fingerprint density at radius 3 is 2.15 bits per heavy atom. The van der Waals surface area contributed by atoms with Crippen LogP contribution in [0.4, 0.5) is 18.9 Å². The lowest BCUT2D eigenvalue weighted by atomic mass is 9.96. The molecule has 1 nitrogen and oxygen atoms in total. The van der Waals surface area contributed by atoms with Gasteiger partial charge < -0.3 is 5.32 Å². The average molecular weight is 306 g/mol. The fourth-order valence-electron chi connectivity index (χ4n) is 2.63. The first-order chi connectivity index (χ1) is 9.47. The van der Waals surface area contributed by atoms with E-state index in [9.17, 15) is 13.2 Å². The number of rotatable bonds is 2. The fourth-order valence-corrected chi connectivity index (χ4v) is 2.86. The first-order valence-corrected chi connectivity index (χ1v) is 7.48. The van der Waals surface area contributed by atoms with Gasteiger partial charge in [-0.2, -0.15) is 13.2 Å². The topological polar surface area (TPSA) is 12.0 Å². The number of halogens is 4. The molecule has 0 unspecified atom stereocenters. The van der Waals surface area contributed by atoms with Crippen LogP contribution in [0.25, 0.3) is 0 Å². The van der Waals surface area contributed by atoms with Crippen molar-refractivity contribution in [1.82, 2.24) is 0 Å². The lowest BCUT2D eigenvalue weighted by Gasteiger charge is -2.23. The Morgan fingerprint density at radius 2 is 1.60 bits per heavy atom. The van der Waals surface area contributed by atoms with Gasteiger partial charge in [-0.15, -0.1) is 0 Å². The summed E-state index contributed by atoms with van der Waals surface area (Å²) in [6, 6.07) is 3.82. The third kappa shape index (κ3) is 4.30. The number of anilines is 1. The Balaban J connectivity index is 2.05. The predicted molar refractivity (Wildman–Crippen MR) is 76.2 cm³/mol. The van der Waals surface area contributed by atoms with Gasteiger partial charge in [0.15, 0.2) is 0 Å². The Morgan fingerprint density at radius 1 is 1.00 bits per heavy atom. The van der Waals surface area contributed by atoms with E-state index in [2.05, 4.69) is 5.32 Å². The molecular weight excluding hydrogens is 287 g/mol. The lowest BCUT2D eigenvalue weighted by molar-refractivity contribution is -0.137. The zero-order chi connectivity index (χ0) is 14.6. The van der Waals surface area contributed by atoms with Crippen molar-refractivity contribution in [3.05, 3.63) is 28.8 Å². The second kappa shape index (κ2) is 6.70. The minimum absolute atomic E-state index is 0.141. The van der Waals surface area contributed by atoms with Crippen LogP contribution in [0.15, 0.2) is 18.2 Å². The van der Waals surface area contributed by atoms with E-state index in [1.165, 1.54) is 25.3 Å². The van der Waals surface area contributed by atoms with Crippen LogP contribution in [0.3, 0.4) is 0 Å². The first-order valence-electron chi connectivity index (χ1n) is 7.10. The Hall–Kier alpha value is -0.900. The quantitative estimate of drug-likeness (QED) is 0.719. The smallest absolute Gasteiger partial charge is 0.381 e. The molecule has 0 aliphatic heterocycles. The van der Waals surface area contributed by atoms with Crippen LogP contribution >= 0.6 is 11.6 Å². The summed E-state index contributed by atoms with van der Waals surface area (Å²) in [5.74, 6) is 0. The maximum absolute atomic E-state index is 12.6. The predicted octanol–water partition coefficient (Wildman–Crippen LogP) is 5.88. The van der Waals surface area contributed by atoms with Gasteiger partial charge in [0.05, 0.1) is 16.3 Å². The van der Waals surface area contributed by atoms with Crippen molar-refractivity contribution in [3.63, 3.8) is 0 Å². The molecule has 0 atom stereocenters. The van der Waals surface area contributed by atoms with E-state index in [0.717, 1.165) is 37.8 Å². The van der Waals surface area contributed by atoms with Gasteiger partial charge >= 0.3 is 6.18 Å². The maximum atomic E-state index is 12.6. The number of alkyl halides is 3. The summed E-state index contributed by atoms with van der Waals surface area (Å²) in [4.78, 5) is 0. The van der Waals surface area contributed by atoms with Crippen molar-refractivity contribution in [2.45, 2.75) is 57.2 Å². The summed E-state index contributed by atoms with van der Waals surface area (Å²) in [6.07, 6.45) is 3.84. The maximum Gasteiger partial charge on any atom is 0.416 e. The van der Waals surface area contributed by atoms with E-state index in [4.69, 9.17) is 11.6 Å². The van der Waals surface area contributed by atoms with Gasteiger partial charge in [-0.25, -0.2) is 0 Å². The van der Waals surface area contributed by atoms with Gasteiger partial charge in [0.25, 0.3) is 0 Å². The second-order valence-electron chi connectivity index (χ2n) is 5.38. The van der Waals surface area contributed by atoms with Crippen molar-refractivity contribution < 1.29 is 13.2 Å². The van der Waals surface area contributed by atoms with E-state index in [1.807, 2.05) is 0 Å². The van der Waals surface area contributed by atoms with Gasteiger partial charge in [0, 0.05) is 6.04 Å². The number of nitrogens with one attached hydrogen (secondary N) is 1. The molecule has 0 heterocycles. The van der Waals surface area contributed by atoms with Crippen LogP contribution in [-0.2, 0) is 6.18 Å². The molecule has 5 heteroatoms. The van der Waals surface area contributed by atoms with Crippen LogP contribution in [0, 0.1) is 0 Å². The van der Waals surface area contributed by atoms with Crippen LogP contribution in [0.2, 0.25) is 5.02 Å². The zero-order valence-corrected chi connectivity index (χ0v) is 12.0. The van der Waals surface area contributed by atoms with Crippen LogP contribution in [0.1, 0.15) is 50.5 Å². The Labute approximate surface area is 122 Å². The highest BCUT2D eigenvalue weighted by molar-refractivity contribution is 6.33. The third-order valence-corrected chi connectivity index (χ3v) is 4.07. The number of benzene rings is 1. The minimum Gasteiger partial charge on any atom is -0.381 e. The molecule has 1 saturated carbocycles. The molecule has 1 aliphatic carbocycles. The normalized spacial score (nSPS) is 18.4. The molecule has 0 amide bonds. The molecule has 1 aromatic rings. The molecule has 1 fully saturated rings. The van der Waals surface area contributed by atoms with Crippen LogP contribution in [0.5, 0.6) is 0 Å². The second-order valence-corrected chi connectivity index (χ2v) is 5.79. The van der Waals surface area contributed by atoms with Gasteiger partial charge in [0.2, 0.25) is 0 Å². The summed E-state index contributed by atoms with van der Waals surface area (Å²) in [5.41, 5.74) is -0.101. The monoisotopic (exact) mass is 305 g/mol. The minimum atomic E-state index is -4.34. The highest BCUT2D eigenvalue weighted by Crippen LogP contribution is 2.34. The summed E-state index contributed by atoms with van der Waals surface area (Å²) in [5, 5.41) is 3.44. The van der Waals surface area contributed by atoms with E-state index in [-0.39, 0.29) is 5.02 Å². The fraction of sp³-hybridized carbons (Fsp3) is 0.600. The molecule has 20 heavy (non-hydrogen) atoms. The first kappa shape index (κ1) is 15.5. The van der Waals surface area contributed by atoms with Crippen LogP contribution in [-0.4, -0.2) is 6.04 Å². The molecule has 112 valence electrons. The zero-order valence-electron chi connectivity index (χ0n) is 11.3. The summed E-state index contributed by atoms with van der Waals surface area (Å²) < 4.78 is 37.7. The molecule has 0 aromatic heterocycles. The molecule has 0 bridgehead atoms. The average Bonchev–Trinajstić information content (AvgIpc) is 2.33. The van der Waals surface area contributed by atoms with Crippen LogP contribution < -0.4 is 5.32 Å². The van der Waals surface area contributed by atoms with Gasteiger partial charge in [-0.3, -0.25) is 0 Å². The number of hydrogen-bond donors (Lipinski definition) is 1. The molecular formula is C15H19ClF3N. The van der Waals surface area contributed by atoms with Gasteiger partial charge in [-0.05, 0) is 31.0 Å². The largest absolute Gasteiger partial charge is 0.416 e. The Bertz CT molecular complexity index is 437. The van der Waals surface area contributed by atoms with E-state index in [1.54, 1.807) is 0 Å². The SMILES string of the molecule is FC(F)(F)c1ccc(NC2CCCCCCC2)c(Cl)c1. The van der Waals surface area contributed by atoms with Gasteiger partial charge in [0.1, 0.15) is 0 Å². The number of hydrogen-bond acceptors (Lipinski definition) is 1. The molecule has 0 saturated heterocycles. The highest BCUT2D eigenvalue weighted by Gasteiger charge is 2.31. The van der Waals surface area contributed by atoms with Crippen molar-refractivity contribution in [1.29, 1.82) is 0 Å². The van der Waals surface area contributed by atoms with E-state index < -0.39 is 11.7 Å². The molecule has 1 aromatic carbocycles. The molecule has 2 rings (SSSR count). The van der Waals surface area contributed by atoms with Crippen molar-refractivity contribution >= 4 is 17.3 Å². The summed E-state index contributed by atoms with van der Waals surface area (Å²) in [7, 11) is 0. The molecule has 0 spiro atoms. The molecule has 1 aliphatic rings. The molecule has 1 N–H and O–H groups in total. The van der Waals surface area contributed by atoms with Crippen molar-refractivity contribution in [2.75, 3.05) is 5.32 Å².